The van der Waals surface area contributed by atoms with E-state index in [1.165, 1.54) is 0 Å². The molecule has 1 fully saturated rings. The Morgan fingerprint density at radius 2 is 2.11 bits per heavy atom. The number of hydrogen-bond acceptors (Lipinski definition) is 3. The van der Waals surface area contributed by atoms with E-state index in [4.69, 9.17) is 9.84 Å². The summed E-state index contributed by atoms with van der Waals surface area (Å²) in [7, 11) is 0. The lowest BCUT2D eigenvalue weighted by molar-refractivity contribution is 0.0369. The van der Waals surface area contributed by atoms with E-state index in [1.54, 1.807) is 6.07 Å². The van der Waals surface area contributed by atoms with Gasteiger partial charge < -0.3 is 14.4 Å². The molecule has 1 aliphatic heterocycles. The van der Waals surface area contributed by atoms with Crippen LogP contribution in [0.1, 0.15) is 16.9 Å². The predicted octanol–water partition coefficient (Wildman–Crippen LogP) is 1.51. The second kappa shape index (κ2) is 6.53. The molecule has 1 aliphatic rings. The van der Waals surface area contributed by atoms with E-state index in [2.05, 4.69) is 27.5 Å². The van der Waals surface area contributed by atoms with Gasteiger partial charge in [0.25, 0.3) is 0 Å². The Labute approximate surface area is 120 Å². The van der Waals surface area contributed by atoms with Gasteiger partial charge in [0.1, 0.15) is 5.69 Å². The first kappa shape index (κ1) is 13.8. The third-order valence-electron chi connectivity index (χ3n) is 3.06. The van der Waals surface area contributed by atoms with Crippen LogP contribution in [-0.2, 0) is 11.3 Å². The van der Waals surface area contributed by atoms with Gasteiger partial charge in [-0.15, -0.1) is 0 Å². The first-order valence-electron chi connectivity index (χ1n) is 6.06. The average molecular weight is 364 g/mol. The van der Waals surface area contributed by atoms with Gasteiger partial charge in [0.2, 0.25) is 0 Å². The van der Waals surface area contributed by atoms with E-state index in [-0.39, 0.29) is 0 Å². The SMILES string of the molecule is O=C(O)c1cc(I)cn1CCCN1CCOCC1. The number of nitrogens with zero attached hydrogens (tertiary/aromatic N) is 2. The maximum Gasteiger partial charge on any atom is 0.352 e. The molecule has 0 bridgehead atoms. The zero-order chi connectivity index (χ0) is 13.0. The van der Waals surface area contributed by atoms with Crippen molar-refractivity contribution in [2.24, 2.45) is 0 Å². The van der Waals surface area contributed by atoms with E-state index in [1.807, 2.05) is 10.8 Å². The Morgan fingerprint density at radius 3 is 2.78 bits per heavy atom. The van der Waals surface area contributed by atoms with Crippen LogP contribution in [-0.4, -0.2) is 53.4 Å². The standard InChI is InChI=1S/C12H17IN2O3/c13-10-8-11(12(16)17)15(9-10)3-1-2-14-4-6-18-7-5-14/h8-9H,1-7H2,(H,16,17). The molecule has 100 valence electrons. The Kier molecular flexibility index (Phi) is 5.02. The minimum atomic E-state index is -0.857. The molecule has 2 heterocycles. The normalized spacial score (nSPS) is 16.9. The molecule has 0 unspecified atom stereocenters. The summed E-state index contributed by atoms with van der Waals surface area (Å²) in [6, 6.07) is 1.71. The summed E-state index contributed by atoms with van der Waals surface area (Å²) in [4.78, 5) is 13.4. The van der Waals surface area contributed by atoms with Crippen LogP contribution in [0.4, 0.5) is 0 Å². The van der Waals surface area contributed by atoms with Crippen LogP contribution in [0.2, 0.25) is 0 Å². The maximum absolute atomic E-state index is 11.0. The minimum absolute atomic E-state index is 0.376. The highest BCUT2D eigenvalue weighted by Gasteiger charge is 2.13. The summed E-state index contributed by atoms with van der Waals surface area (Å²) in [6.07, 6.45) is 2.86. The molecule has 0 radical (unpaired) electrons. The van der Waals surface area contributed by atoms with Crippen LogP contribution >= 0.6 is 22.6 Å². The quantitative estimate of drug-likeness (QED) is 0.805. The van der Waals surface area contributed by atoms with Gasteiger partial charge in [-0.25, -0.2) is 4.79 Å². The van der Waals surface area contributed by atoms with Crippen LogP contribution in [0.25, 0.3) is 0 Å². The highest BCUT2D eigenvalue weighted by molar-refractivity contribution is 14.1. The molecular formula is C12H17IN2O3. The van der Waals surface area contributed by atoms with Crippen molar-refractivity contribution in [1.29, 1.82) is 0 Å². The second-order valence-electron chi connectivity index (χ2n) is 4.35. The van der Waals surface area contributed by atoms with Crippen molar-refractivity contribution < 1.29 is 14.6 Å². The van der Waals surface area contributed by atoms with Crippen molar-refractivity contribution in [2.75, 3.05) is 32.8 Å². The van der Waals surface area contributed by atoms with Gasteiger partial charge in [0.05, 0.1) is 13.2 Å². The van der Waals surface area contributed by atoms with Crippen molar-refractivity contribution in [1.82, 2.24) is 9.47 Å². The molecule has 18 heavy (non-hydrogen) atoms. The molecule has 0 saturated carbocycles. The molecule has 0 amide bonds. The average Bonchev–Trinajstić information content (AvgIpc) is 2.72. The van der Waals surface area contributed by atoms with Gasteiger partial charge >= 0.3 is 5.97 Å². The number of morpholine rings is 1. The third kappa shape index (κ3) is 3.69. The van der Waals surface area contributed by atoms with Crippen LogP contribution in [0.15, 0.2) is 12.3 Å². The zero-order valence-electron chi connectivity index (χ0n) is 10.1. The van der Waals surface area contributed by atoms with Crippen molar-refractivity contribution in [3.05, 3.63) is 21.5 Å². The van der Waals surface area contributed by atoms with E-state index < -0.39 is 5.97 Å². The summed E-state index contributed by atoms with van der Waals surface area (Å²) >= 11 is 2.14. The number of carboxylic acid groups (broad SMARTS) is 1. The van der Waals surface area contributed by atoms with Crippen molar-refractivity contribution in [3.8, 4) is 0 Å². The first-order valence-corrected chi connectivity index (χ1v) is 7.14. The molecule has 1 aromatic rings. The van der Waals surface area contributed by atoms with Crippen LogP contribution in [0.5, 0.6) is 0 Å². The highest BCUT2D eigenvalue weighted by Crippen LogP contribution is 2.12. The van der Waals surface area contributed by atoms with Crippen molar-refractivity contribution >= 4 is 28.6 Å². The summed E-state index contributed by atoms with van der Waals surface area (Å²) in [6.45, 7) is 5.33. The lowest BCUT2D eigenvalue weighted by Crippen LogP contribution is -2.37. The largest absolute Gasteiger partial charge is 0.477 e. The number of carbonyl (C=O) groups is 1. The summed E-state index contributed by atoms with van der Waals surface area (Å²) in [5.41, 5.74) is 0.376. The molecule has 5 nitrogen and oxygen atoms in total. The first-order chi connectivity index (χ1) is 8.66. The highest BCUT2D eigenvalue weighted by atomic mass is 127. The number of rotatable bonds is 5. The van der Waals surface area contributed by atoms with Crippen molar-refractivity contribution in [2.45, 2.75) is 13.0 Å². The number of aromatic nitrogens is 1. The number of ether oxygens (including phenoxy) is 1. The minimum Gasteiger partial charge on any atom is -0.477 e. The van der Waals surface area contributed by atoms with Gasteiger partial charge in [0.15, 0.2) is 0 Å². The summed E-state index contributed by atoms with van der Waals surface area (Å²) in [5.74, 6) is -0.857. The Bertz CT molecular complexity index is 413. The molecule has 1 N–H and O–H groups in total. The molecule has 1 aromatic heterocycles. The fourth-order valence-corrected chi connectivity index (χ4v) is 2.76. The third-order valence-corrected chi connectivity index (χ3v) is 3.65. The Hall–Kier alpha value is -0.600. The molecule has 6 heteroatoms. The molecule has 1 saturated heterocycles. The molecule has 0 atom stereocenters. The summed E-state index contributed by atoms with van der Waals surface area (Å²) < 4.78 is 8.09. The summed E-state index contributed by atoms with van der Waals surface area (Å²) in [5, 5.41) is 9.08. The van der Waals surface area contributed by atoms with E-state index in [9.17, 15) is 4.79 Å². The number of halogens is 1. The number of carboxylic acids is 1. The van der Waals surface area contributed by atoms with Crippen LogP contribution in [0.3, 0.4) is 0 Å². The number of aryl methyl sites for hydroxylation is 1. The zero-order valence-corrected chi connectivity index (χ0v) is 12.3. The maximum atomic E-state index is 11.0. The monoisotopic (exact) mass is 364 g/mol. The molecular weight excluding hydrogens is 347 g/mol. The van der Waals surface area contributed by atoms with E-state index >= 15 is 0 Å². The number of hydrogen-bond donors (Lipinski definition) is 1. The molecule has 2 rings (SSSR count). The lowest BCUT2D eigenvalue weighted by Gasteiger charge is -2.26. The lowest BCUT2D eigenvalue weighted by atomic mass is 10.3. The van der Waals surface area contributed by atoms with Gasteiger partial charge in [-0.2, -0.15) is 0 Å². The fourth-order valence-electron chi connectivity index (χ4n) is 2.13. The van der Waals surface area contributed by atoms with E-state index in [0.29, 0.717) is 5.69 Å². The fraction of sp³-hybridized carbons (Fsp3) is 0.583. The van der Waals surface area contributed by atoms with Gasteiger partial charge in [-0.05, 0) is 35.1 Å². The smallest absolute Gasteiger partial charge is 0.352 e. The topological polar surface area (TPSA) is 54.7 Å². The Morgan fingerprint density at radius 1 is 1.39 bits per heavy atom. The van der Waals surface area contributed by atoms with Gasteiger partial charge in [-0.3, -0.25) is 4.90 Å². The molecule has 0 spiro atoms. The molecule has 0 aromatic carbocycles. The van der Waals surface area contributed by atoms with E-state index in [0.717, 1.165) is 49.4 Å². The van der Waals surface area contributed by atoms with Gasteiger partial charge in [0, 0.05) is 35.9 Å². The van der Waals surface area contributed by atoms with Crippen molar-refractivity contribution in [3.63, 3.8) is 0 Å². The second-order valence-corrected chi connectivity index (χ2v) is 5.60. The van der Waals surface area contributed by atoms with Gasteiger partial charge in [-0.1, -0.05) is 0 Å². The van der Waals surface area contributed by atoms with Crippen LogP contribution < -0.4 is 0 Å². The van der Waals surface area contributed by atoms with Crippen LogP contribution in [0, 0.1) is 3.57 Å². The Balaban J connectivity index is 1.84. The number of aromatic carboxylic acids is 1. The molecule has 0 aliphatic carbocycles. The predicted molar refractivity (Wildman–Crippen MR) is 76.0 cm³/mol.